The van der Waals surface area contributed by atoms with Gasteiger partial charge in [0.15, 0.2) is 5.75 Å². The van der Waals surface area contributed by atoms with Crippen LogP contribution in [0, 0.1) is 0 Å². The highest BCUT2D eigenvalue weighted by atomic mass is 32.2. The van der Waals surface area contributed by atoms with Crippen LogP contribution in [0.1, 0.15) is 19.4 Å². The average Bonchev–Trinajstić information content (AvgIpc) is 2.66. The van der Waals surface area contributed by atoms with Gasteiger partial charge in [0, 0.05) is 18.1 Å². The van der Waals surface area contributed by atoms with E-state index in [4.69, 9.17) is 14.6 Å². The maximum atomic E-state index is 11.7. The van der Waals surface area contributed by atoms with Crippen molar-refractivity contribution in [2.75, 3.05) is 17.1 Å². The first-order valence-corrected chi connectivity index (χ1v) is 8.14. The fourth-order valence-corrected chi connectivity index (χ4v) is 3.05. The van der Waals surface area contributed by atoms with Crippen LogP contribution in [-0.2, 0) is 21.2 Å². The Bertz CT molecular complexity index is 655. The fourth-order valence-electron chi connectivity index (χ4n) is 2.16. The molecule has 0 amide bonds. The summed E-state index contributed by atoms with van der Waals surface area (Å²) in [5.74, 6) is -1.49. The molecule has 1 aliphatic heterocycles. The molecule has 0 spiro atoms. The standard InChI is InChI=1S/C13H17NO6S/c1-3-19-12-5-9-4-8(2)20-11(9)6-10(12)14-21(17,18)7-13(15)16/h5-6,8,14H,3-4,7H2,1-2H3,(H,15,16). The number of ether oxygens (including phenoxy) is 2. The monoisotopic (exact) mass is 315 g/mol. The minimum absolute atomic E-state index is 0.0142. The lowest BCUT2D eigenvalue weighted by Crippen LogP contribution is -2.22. The Morgan fingerprint density at radius 3 is 2.86 bits per heavy atom. The van der Waals surface area contributed by atoms with Crippen LogP contribution < -0.4 is 14.2 Å². The van der Waals surface area contributed by atoms with Crippen LogP contribution in [0.15, 0.2) is 12.1 Å². The summed E-state index contributed by atoms with van der Waals surface area (Å²) < 4.78 is 36.7. The molecule has 1 aromatic rings. The van der Waals surface area contributed by atoms with E-state index in [0.717, 1.165) is 12.0 Å². The predicted molar refractivity (Wildman–Crippen MR) is 76.5 cm³/mol. The molecule has 1 unspecified atom stereocenters. The molecule has 0 bridgehead atoms. The minimum atomic E-state index is -3.99. The van der Waals surface area contributed by atoms with Gasteiger partial charge in [-0.1, -0.05) is 0 Å². The van der Waals surface area contributed by atoms with E-state index in [0.29, 0.717) is 18.1 Å². The number of benzene rings is 1. The lowest BCUT2D eigenvalue weighted by atomic mass is 10.1. The number of aliphatic carboxylic acids is 1. The number of carboxylic acid groups (broad SMARTS) is 1. The highest BCUT2D eigenvalue weighted by Crippen LogP contribution is 2.38. The maximum Gasteiger partial charge on any atom is 0.320 e. The van der Waals surface area contributed by atoms with Gasteiger partial charge in [-0.05, 0) is 19.9 Å². The van der Waals surface area contributed by atoms with Gasteiger partial charge in [0.1, 0.15) is 17.6 Å². The zero-order valence-electron chi connectivity index (χ0n) is 11.8. The second-order valence-electron chi connectivity index (χ2n) is 4.78. The summed E-state index contributed by atoms with van der Waals surface area (Å²) in [6.45, 7) is 4.05. The summed E-state index contributed by atoms with van der Waals surface area (Å²) in [4.78, 5) is 10.6. The van der Waals surface area contributed by atoms with Crippen molar-refractivity contribution in [2.24, 2.45) is 0 Å². The number of carboxylic acids is 1. The molecule has 1 aromatic carbocycles. The Hall–Kier alpha value is -1.96. The molecular weight excluding hydrogens is 298 g/mol. The molecule has 0 saturated carbocycles. The first-order valence-electron chi connectivity index (χ1n) is 6.49. The normalized spacial score (nSPS) is 17.0. The summed E-state index contributed by atoms with van der Waals surface area (Å²) in [5.41, 5.74) is 1.12. The topological polar surface area (TPSA) is 102 Å². The summed E-state index contributed by atoms with van der Waals surface area (Å²) in [6, 6.07) is 3.25. The Kier molecular flexibility index (Phi) is 4.26. The molecule has 7 nitrogen and oxygen atoms in total. The summed E-state index contributed by atoms with van der Waals surface area (Å²) in [6.07, 6.45) is 0.734. The number of hydrogen-bond donors (Lipinski definition) is 2. The second kappa shape index (κ2) is 5.80. The van der Waals surface area contributed by atoms with Crippen molar-refractivity contribution >= 4 is 21.7 Å². The summed E-state index contributed by atoms with van der Waals surface area (Å²) >= 11 is 0. The third-order valence-electron chi connectivity index (χ3n) is 2.88. The van der Waals surface area contributed by atoms with E-state index in [1.54, 1.807) is 13.0 Å². The third-order valence-corrected chi connectivity index (χ3v) is 4.03. The van der Waals surface area contributed by atoms with Gasteiger partial charge in [0.2, 0.25) is 10.0 Å². The molecular formula is C13H17NO6S. The van der Waals surface area contributed by atoms with Crippen molar-refractivity contribution in [3.8, 4) is 11.5 Å². The quantitative estimate of drug-likeness (QED) is 0.819. The highest BCUT2D eigenvalue weighted by Gasteiger charge is 2.24. The maximum absolute atomic E-state index is 11.7. The number of sulfonamides is 1. The largest absolute Gasteiger partial charge is 0.492 e. The van der Waals surface area contributed by atoms with Crippen LogP contribution in [0.4, 0.5) is 5.69 Å². The molecule has 0 fully saturated rings. The van der Waals surface area contributed by atoms with E-state index in [1.807, 2.05) is 6.92 Å². The number of nitrogens with one attached hydrogen (secondary N) is 1. The molecule has 0 saturated heterocycles. The van der Waals surface area contributed by atoms with Gasteiger partial charge < -0.3 is 14.6 Å². The van der Waals surface area contributed by atoms with Crippen LogP contribution in [0.2, 0.25) is 0 Å². The van der Waals surface area contributed by atoms with Crippen molar-refractivity contribution in [3.05, 3.63) is 17.7 Å². The van der Waals surface area contributed by atoms with E-state index in [-0.39, 0.29) is 11.8 Å². The smallest absolute Gasteiger partial charge is 0.320 e. The van der Waals surface area contributed by atoms with E-state index >= 15 is 0 Å². The number of hydrogen-bond acceptors (Lipinski definition) is 5. The van der Waals surface area contributed by atoms with Gasteiger partial charge >= 0.3 is 5.97 Å². The molecule has 2 N–H and O–H groups in total. The van der Waals surface area contributed by atoms with Gasteiger partial charge in [-0.25, -0.2) is 8.42 Å². The van der Waals surface area contributed by atoms with Crippen LogP contribution in [0.5, 0.6) is 11.5 Å². The molecule has 21 heavy (non-hydrogen) atoms. The van der Waals surface area contributed by atoms with E-state index in [9.17, 15) is 13.2 Å². The van der Waals surface area contributed by atoms with Gasteiger partial charge in [-0.2, -0.15) is 0 Å². The lowest BCUT2D eigenvalue weighted by Gasteiger charge is -2.14. The SMILES string of the molecule is CCOc1cc2c(cc1NS(=O)(=O)CC(=O)O)OC(C)C2. The first kappa shape index (κ1) is 15.4. The average molecular weight is 315 g/mol. The lowest BCUT2D eigenvalue weighted by molar-refractivity contribution is -0.134. The van der Waals surface area contributed by atoms with E-state index < -0.39 is 21.7 Å². The Morgan fingerprint density at radius 1 is 1.52 bits per heavy atom. The fraction of sp³-hybridized carbons (Fsp3) is 0.462. The van der Waals surface area contributed by atoms with E-state index in [1.165, 1.54) is 6.07 Å². The van der Waals surface area contributed by atoms with Crippen molar-refractivity contribution in [1.82, 2.24) is 0 Å². The van der Waals surface area contributed by atoms with Crippen LogP contribution >= 0.6 is 0 Å². The van der Waals surface area contributed by atoms with Gasteiger partial charge in [0.05, 0.1) is 12.3 Å². The predicted octanol–water partition coefficient (Wildman–Crippen LogP) is 1.24. The van der Waals surface area contributed by atoms with Crippen LogP contribution in [0.25, 0.3) is 0 Å². The number of fused-ring (bicyclic) bond motifs is 1. The zero-order chi connectivity index (χ0) is 15.6. The summed E-state index contributed by atoms with van der Waals surface area (Å²) in [7, 11) is -3.99. The number of carbonyl (C=O) groups is 1. The third kappa shape index (κ3) is 3.78. The molecule has 1 atom stereocenters. The number of anilines is 1. The van der Waals surface area contributed by atoms with Crippen molar-refractivity contribution in [3.63, 3.8) is 0 Å². The molecule has 0 aliphatic carbocycles. The Balaban J connectivity index is 2.34. The molecule has 8 heteroatoms. The molecule has 0 radical (unpaired) electrons. The van der Waals surface area contributed by atoms with Crippen molar-refractivity contribution in [2.45, 2.75) is 26.4 Å². The molecule has 0 aromatic heterocycles. The van der Waals surface area contributed by atoms with Crippen LogP contribution in [-0.4, -0.2) is 38.0 Å². The highest BCUT2D eigenvalue weighted by molar-refractivity contribution is 7.93. The van der Waals surface area contributed by atoms with E-state index in [2.05, 4.69) is 4.72 Å². The van der Waals surface area contributed by atoms with Gasteiger partial charge in [-0.15, -0.1) is 0 Å². The second-order valence-corrected chi connectivity index (χ2v) is 6.50. The van der Waals surface area contributed by atoms with Crippen molar-refractivity contribution < 1.29 is 27.8 Å². The Labute approximate surface area is 122 Å². The minimum Gasteiger partial charge on any atom is -0.492 e. The van der Waals surface area contributed by atoms with Gasteiger partial charge in [-0.3, -0.25) is 9.52 Å². The van der Waals surface area contributed by atoms with Crippen LogP contribution in [0.3, 0.4) is 0 Å². The first-order chi connectivity index (χ1) is 9.80. The summed E-state index contributed by atoms with van der Waals surface area (Å²) in [5, 5.41) is 8.61. The molecule has 116 valence electrons. The number of rotatable bonds is 6. The van der Waals surface area contributed by atoms with Gasteiger partial charge in [0.25, 0.3) is 0 Å². The zero-order valence-corrected chi connectivity index (χ0v) is 12.6. The Morgan fingerprint density at radius 2 is 2.24 bits per heavy atom. The molecule has 1 heterocycles. The molecule has 2 rings (SSSR count). The van der Waals surface area contributed by atoms with Crippen molar-refractivity contribution in [1.29, 1.82) is 0 Å². The molecule has 1 aliphatic rings.